The van der Waals surface area contributed by atoms with E-state index in [-0.39, 0.29) is 11.6 Å². The molecule has 1 heterocycles. The molecule has 0 aliphatic heterocycles. The van der Waals surface area contributed by atoms with Crippen LogP contribution >= 0.6 is 0 Å². The average Bonchev–Trinajstić information content (AvgIpc) is 2.89. The monoisotopic (exact) mass is 270 g/mol. The van der Waals surface area contributed by atoms with Gasteiger partial charge >= 0.3 is 0 Å². The molecule has 102 valence electrons. The molecular formula is C16H15FN2O. The average molecular weight is 270 g/mol. The van der Waals surface area contributed by atoms with Crippen molar-refractivity contribution in [1.29, 1.82) is 0 Å². The summed E-state index contributed by atoms with van der Waals surface area (Å²) in [5.41, 5.74) is 8.86. The fourth-order valence-electron chi connectivity index (χ4n) is 2.33. The van der Waals surface area contributed by atoms with Crippen LogP contribution in [0.15, 0.2) is 42.5 Å². The number of benzene rings is 2. The lowest BCUT2D eigenvalue weighted by Gasteiger charge is -2.05. The quantitative estimate of drug-likeness (QED) is 0.766. The predicted molar refractivity (Wildman–Crippen MR) is 78.1 cm³/mol. The van der Waals surface area contributed by atoms with E-state index < -0.39 is 0 Å². The standard InChI is InChI=1S/C16H15FN2O/c1-20-15-4-2-3-12(16(15)17)14-8-11-7-10(9-18)5-6-13(11)19-14/h2-8,19H,9,18H2,1H3. The zero-order valence-electron chi connectivity index (χ0n) is 11.1. The van der Waals surface area contributed by atoms with Gasteiger partial charge in [0.1, 0.15) is 0 Å². The molecule has 0 saturated heterocycles. The highest BCUT2D eigenvalue weighted by atomic mass is 19.1. The van der Waals surface area contributed by atoms with Crippen LogP contribution < -0.4 is 10.5 Å². The molecule has 0 radical (unpaired) electrons. The first kappa shape index (κ1) is 12.7. The predicted octanol–water partition coefficient (Wildman–Crippen LogP) is 3.44. The van der Waals surface area contributed by atoms with Gasteiger partial charge in [-0.15, -0.1) is 0 Å². The third kappa shape index (κ3) is 2.04. The molecule has 2 aromatic carbocycles. The van der Waals surface area contributed by atoms with Crippen molar-refractivity contribution in [3.8, 4) is 17.0 Å². The molecule has 0 saturated carbocycles. The minimum Gasteiger partial charge on any atom is -0.494 e. The van der Waals surface area contributed by atoms with E-state index in [1.807, 2.05) is 24.3 Å². The van der Waals surface area contributed by atoms with Gasteiger partial charge in [-0.05, 0) is 35.9 Å². The molecule has 0 fully saturated rings. The highest BCUT2D eigenvalue weighted by Crippen LogP contribution is 2.30. The van der Waals surface area contributed by atoms with Gasteiger partial charge in [0.2, 0.25) is 0 Å². The summed E-state index contributed by atoms with van der Waals surface area (Å²) in [7, 11) is 1.46. The zero-order valence-corrected chi connectivity index (χ0v) is 11.1. The molecule has 1 aromatic heterocycles. The minimum absolute atomic E-state index is 0.240. The van der Waals surface area contributed by atoms with Crippen molar-refractivity contribution in [2.24, 2.45) is 5.73 Å². The van der Waals surface area contributed by atoms with E-state index >= 15 is 0 Å². The Morgan fingerprint density at radius 1 is 1.20 bits per heavy atom. The number of fused-ring (bicyclic) bond motifs is 1. The maximum absolute atomic E-state index is 14.3. The number of halogens is 1. The zero-order chi connectivity index (χ0) is 14.1. The molecule has 0 atom stereocenters. The summed E-state index contributed by atoms with van der Waals surface area (Å²) < 4.78 is 19.3. The van der Waals surface area contributed by atoms with Crippen LogP contribution in [0.1, 0.15) is 5.56 Å². The summed E-state index contributed by atoms with van der Waals surface area (Å²) in [6.45, 7) is 0.490. The van der Waals surface area contributed by atoms with Gasteiger partial charge in [-0.3, -0.25) is 0 Å². The number of hydrogen-bond donors (Lipinski definition) is 2. The lowest BCUT2D eigenvalue weighted by Crippen LogP contribution is -1.94. The molecular weight excluding hydrogens is 255 g/mol. The maximum Gasteiger partial charge on any atom is 0.174 e. The third-order valence-corrected chi connectivity index (χ3v) is 3.39. The molecule has 0 amide bonds. The van der Waals surface area contributed by atoms with E-state index in [9.17, 15) is 4.39 Å². The molecule has 4 heteroatoms. The van der Waals surface area contributed by atoms with E-state index in [4.69, 9.17) is 10.5 Å². The maximum atomic E-state index is 14.3. The van der Waals surface area contributed by atoms with E-state index in [2.05, 4.69) is 4.98 Å². The lowest BCUT2D eigenvalue weighted by atomic mass is 10.1. The van der Waals surface area contributed by atoms with Crippen LogP contribution in [0.2, 0.25) is 0 Å². The molecule has 3 aromatic rings. The van der Waals surface area contributed by atoms with Crippen molar-refractivity contribution in [2.45, 2.75) is 6.54 Å². The molecule has 0 aliphatic carbocycles. The Morgan fingerprint density at radius 3 is 2.80 bits per heavy atom. The SMILES string of the molecule is COc1cccc(-c2cc3cc(CN)ccc3[nH]2)c1F. The third-order valence-electron chi connectivity index (χ3n) is 3.39. The summed E-state index contributed by atoms with van der Waals surface area (Å²) in [6, 6.07) is 13.0. The highest BCUT2D eigenvalue weighted by molar-refractivity contribution is 5.86. The molecule has 0 spiro atoms. The molecule has 0 aliphatic rings. The molecule has 3 nitrogen and oxygen atoms in total. The molecule has 0 bridgehead atoms. The Morgan fingerprint density at radius 2 is 2.05 bits per heavy atom. The number of aromatic amines is 1. The number of methoxy groups -OCH3 is 1. The first-order chi connectivity index (χ1) is 9.72. The molecule has 3 N–H and O–H groups in total. The van der Waals surface area contributed by atoms with E-state index in [1.165, 1.54) is 7.11 Å². The fourth-order valence-corrected chi connectivity index (χ4v) is 2.33. The first-order valence-corrected chi connectivity index (χ1v) is 6.37. The molecule has 0 unspecified atom stereocenters. The Hall–Kier alpha value is -2.33. The van der Waals surface area contributed by atoms with Crippen molar-refractivity contribution in [2.75, 3.05) is 7.11 Å². The number of nitrogens with one attached hydrogen (secondary N) is 1. The first-order valence-electron chi connectivity index (χ1n) is 6.37. The van der Waals surface area contributed by atoms with E-state index in [0.717, 1.165) is 22.2 Å². The summed E-state index contributed by atoms with van der Waals surface area (Å²) >= 11 is 0. The number of aromatic nitrogens is 1. The van der Waals surface area contributed by atoms with Gasteiger partial charge in [-0.1, -0.05) is 12.1 Å². The largest absolute Gasteiger partial charge is 0.494 e. The van der Waals surface area contributed by atoms with Crippen molar-refractivity contribution in [3.63, 3.8) is 0 Å². The van der Waals surface area contributed by atoms with Crippen molar-refractivity contribution in [3.05, 3.63) is 53.8 Å². The van der Waals surface area contributed by atoms with Gasteiger partial charge in [-0.25, -0.2) is 4.39 Å². The van der Waals surface area contributed by atoms with Crippen molar-refractivity contribution >= 4 is 10.9 Å². The second kappa shape index (κ2) is 4.98. The van der Waals surface area contributed by atoms with Crippen molar-refractivity contribution < 1.29 is 9.13 Å². The number of nitrogens with two attached hydrogens (primary N) is 1. The lowest BCUT2D eigenvalue weighted by molar-refractivity contribution is 0.387. The number of hydrogen-bond acceptors (Lipinski definition) is 2. The Labute approximate surface area is 116 Å². The number of ether oxygens (including phenoxy) is 1. The van der Waals surface area contributed by atoms with E-state index in [0.29, 0.717) is 12.1 Å². The normalized spacial score (nSPS) is 10.9. The van der Waals surface area contributed by atoms with E-state index in [1.54, 1.807) is 18.2 Å². The Kier molecular flexibility index (Phi) is 3.16. The van der Waals surface area contributed by atoms with Gasteiger partial charge in [-0.2, -0.15) is 0 Å². The van der Waals surface area contributed by atoms with Crippen LogP contribution in [0.5, 0.6) is 5.75 Å². The number of rotatable bonds is 3. The summed E-state index contributed by atoms with van der Waals surface area (Å²) in [4.78, 5) is 3.22. The highest BCUT2D eigenvalue weighted by Gasteiger charge is 2.12. The van der Waals surface area contributed by atoms with Crippen LogP contribution in [0.25, 0.3) is 22.2 Å². The Balaban J connectivity index is 2.15. The van der Waals surface area contributed by atoms with Gasteiger partial charge in [0, 0.05) is 28.7 Å². The summed E-state index contributed by atoms with van der Waals surface area (Å²) in [5, 5.41) is 1.02. The summed E-state index contributed by atoms with van der Waals surface area (Å²) in [5.74, 6) is -0.121. The minimum atomic E-state index is -0.361. The molecule has 3 rings (SSSR count). The van der Waals surface area contributed by atoms with Gasteiger partial charge in [0.15, 0.2) is 11.6 Å². The van der Waals surface area contributed by atoms with Crippen LogP contribution in [0.3, 0.4) is 0 Å². The second-order valence-electron chi connectivity index (χ2n) is 4.63. The van der Waals surface area contributed by atoms with Gasteiger partial charge < -0.3 is 15.5 Å². The van der Waals surface area contributed by atoms with Crippen LogP contribution in [0, 0.1) is 5.82 Å². The smallest absolute Gasteiger partial charge is 0.174 e. The fraction of sp³-hybridized carbons (Fsp3) is 0.125. The molecule has 20 heavy (non-hydrogen) atoms. The van der Waals surface area contributed by atoms with Gasteiger partial charge in [0.25, 0.3) is 0 Å². The topological polar surface area (TPSA) is 51.0 Å². The Bertz CT molecular complexity index is 764. The van der Waals surface area contributed by atoms with Crippen LogP contribution in [-0.4, -0.2) is 12.1 Å². The summed E-state index contributed by atoms with van der Waals surface area (Å²) in [6.07, 6.45) is 0. The van der Waals surface area contributed by atoms with Crippen molar-refractivity contribution in [1.82, 2.24) is 4.98 Å². The van der Waals surface area contributed by atoms with Gasteiger partial charge in [0.05, 0.1) is 7.11 Å². The van der Waals surface area contributed by atoms with Crippen LogP contribution in [-0.2, 0) is 6.54 Å². The number of H-pyrrole nitrogens is 1. The van der Waals surface area contributed by atoms with Crippen LogP contribution in [0.4, 0.5) is 4.39 Å². The second-order valence-corrected chi connectivity index (χ2v) is 4.63.